The van der Waals surface area contributed by atoms with Gasteiger partial charge in [0.15, 0.2) is 0 Å². The predicted molar refractivity (Wildman–Crippen MR) is 71.6 cm³/mol. The molecule has 1 atom stereocenters. The van der Waals surface area contributed by atoms with Gasteiger partial charge in [-0.15, -0.1) is 0 Å². The molecule has 0 aromatic heterocycles. The third-order valence-electron chi connectivity index (χ3n) is 4.00. The van der Waals surface area contributed by atoms with Crippen LogP contribution in [0.1, 0.15) is 58.8 Å². The number of unbranched alkanes of at least 4 members (excludes halogenated alkanes) is 3. The number of hydrogen-bond donors (Lipinski definition) is 1. The largest absolute Gasteiger partial charge is 0.329 e. The maximum Gasteiger partial charge on any atom is 0.0218 e. The first-order valence-electron chi connectivity index (χ1n) is 7.22. The van der Waals surface area contributed by atoms with Crippen molar-refractivity contribution in [2.75, 3.05) is 19.6 Å². The predicted octanol–water partition coefficient (Wildman–Crippen LogP) is 3.02. The molecule has 0 saturated carbocycles. The van der Waals surface area contributed by atoms with Crippen LogP contribution in [0.2, 0.25) is 0 Å². The Balaban J connectivity index is 2.19. The lowest BCUT2D eigenvalue weighted by molar-refractivity contribution is 0.133. The second-order valence-electron chi connectivity index (χ2n) is 5.46. The van der Waals surface area contributed by atoms with Gasteiger partial charge < -0.3 is 5.73 Å². The molecule has 2 nitrogen and oxygen atoms in total. The summed E-state index contributed by atoms with van der Waals surface area (Å²) < 4.78 is 0. The average Bonchev–Trinajstić information content (AvgIpc) is 2.31. The highest BCUT2D eigenvalue weighted by molar-refractivity contribution is 4.77. The Hall–Kier alpha value is -0.0800. The quantitative estimate of drug-likeness (QED) is 0.676. The fourth-order valence-corrected chi connectivity index (χ4v) is 2.65. The fourth-order valence-electron chi connectivity index (χ4n) is 2.65. The molecule has 0 bridgehead atoms. The molecule has 1 aliphatic heterocycles. The summed E-state index contributed by atoms with van der Waals surface area (Å²) >= 11 is 0. The molecule has 1 heterocycles. The summed E-state index contributed by atoms with van der Waals surface area (Å²) in [5.74, 6) is 0.926. The summed E-state index contributed by atoms with van der Waals surface area (Å²) in [6.07, 6.45) is 9.50. The van der Waals surface area contributed by atoms with Crippen molar-refractivity contribution >= 4 is 0 Å². The van der Waals surface area contributed by atoms with E-state index < -0.39 is 0 Å². The fraction of sp³-hybridized carbons (Fsp3) is 1.00. The third kappa shape index (κ3) is 4.84. The van der Waals surface area contributed by atoms with Crippen LogP contribution in [0.3, 0.4) is 0 Å². The van der Waals surface area contributed by atoms with Gasteiger partial charge in [0.2, 0.25) is 0 Å². The molecule has 1 fully saturated rings. The van der Waals surface area contributed by atoms with Gasteiger partial charge in [0, 0.05) is 12.6 Å². The van der Waals surface area contributed by atoms with Crippen LogP contribution in [0.4, 0.5) is 0 Å². The van der Waals surface area contributed by atoms with Crippen LogP contribution in [0.5, 0.6) is 0 Å². The molecular weight excluding hydrogens is 196 g/mol. The maximum atomic E-state index is 5.91. The molecule has 2 N–H and O–H groups in total. The number of nitrogens with zero attached hydrogens (tertiary/aromatic N) is 1. The number of likely N-dealkylation sites (tertiary alicyclic amines) is 1. The minimum Gasteiger partial charge on any atom is -0.329 e. The molecule has 0 aromatic rings. The topological polar surface area (TPSA) is 29.3 Å². The van der Waals surface area contributed by atoms with E-state index in [1.165, 1.54) is 58.0 Å². The number of rotatable bonds is 7. The van der Waals surface area contributed by atoms with E-state index in [0.717, 1.165) is 12.5 Å². The molecule has 2 heteroatoms. The lowest BCUT2D eigenvalue weighted by atomic mass is 9.96. The van der Waals surface area contributed by atoms with Gasteiger partial charge in [-0.2, -0.15) is 0 Å². The Morgan fingerprint density at radius 3 is 2.44 bits per heavy atom. The van der Waals surface area contributed by atoms with Crippen molar-refractivity contribution in [2.24, 2.45) is 11.7 Å². The van der Waals surface area contributed by atoms with Crippen molar-refractivity contribution in [1.82, 2.24) is 4.90 Å². The SMILES string of the molecule is CCCCCCC(CN)N1CCC(C)CC1. The van der Waals surface area contributed by atoms with Gasteiger partial charge in [-0.25, -0.2) is 0 Å². The van der Waals surface area contributed by atoms with Gasteiger partial charge >= 0.3 is 0 Å². The number of hydrogen-bond acceptors (Lipinski definition) is 2. The standard InChI is InChI=1S/C14H30N2/c1-3-4-5-6-7-14(12-15)16-10-8-13(2)9-11-16/h13-14H,3-12,15H2,1-2H3. The first-order chi connectivity index (χ1) is 7.77. The molecule has 0 aromatic carbocycles. The summed E-state index contributed by atoms with van der Waals surface area (Å²) in [6.45, 7) is 8.04. The van der Waals surface area contributed by atoms with Crippen molar-refractivity contribution in [1.29, 1.82) is 0 Å². The second kappa shape index (κ2) is 8.08. The van der Waals surface area contributed by atoms with E-state index in [1.54, 1.807) is 0 Å². The molecule has 0 radical (unpaired) electrons. The van der Waals surface area contributed by atoms with Crippen molar-refractivity contribution in [3.63, 3.8) is 0 Å². The molecule has 0 aliphatic carbocycles. The molecule has 0 spiro atoms. The van der Waals surface area contributed by atoms with Crippen LogP contribution in [-0.2, 0) is 0 Å². The maximum absolute atomic E-state index is 5.91. The van der Waals surface area contributed by atoms with Gasteiger partial charge in [0.1, 0.15) is 0 Å². The van der Waals surface area contributed by atoms with Crippen LogP contribution in [-0.4, -0.2) is 30.6 Å². The Morgan fingerprint density at radius 1 is 1.19 bits per heavy atom. The van der Waals surface area contributed by atoms with E-state index in [0.29, 0.717) is 6.04 Å². The van der Waals surface area contributed by atoms with Gasteiger partial charge in [-0.05, 0) is 38.3 Å². The van der Waals surface area contributed by atoms with Crippen LogP contribution in [0.25, 0.3) is 0 Å². The second-order valence-corrected chi connectivity index (χ2v) is 5.46. The van der Waals surface area contributed by atoms with Crippen molar-refractivity contribution < 1.29 is 0 Å². The Morgan fingerprint density at radius 2 is 1.88 bits per heavy atom. The summed E-state index contributed by atoms with van der Waals surface area (Å²) in [5, 5.41) is 0. The molecule has 16 heavy (non-hydrogen) atoms. The first kappa shape index (κ1) is 14.0. The molecular formula is C14H30N2. The molecule has 0 amide bonds. The highest BCUT2D eigenvalue weighted by Crippen LogP contribution is 2.20. The monoisotopic (exact) mass is 226 g/mol. The Labute approximate surface area is 102 Å². The van der Waals surface area contributed by atoms with Crippen molar-refractivity contribution in [3.05, 3.63) is 0 Å². The summed E-state index contributed by atoms with van der Waals surface area (Å²) in [5.41, 5.74) is 5.91. The van der Waals surface area contributed by atoms with E-state index >= 15 is 0 Å². The zero-order valence-electron chi connectivity index (χ0n) is 11.3. The molecule has 1 aliphatic rings. The summed E-state index contributed by atoms with van der Waals surface area (Å²) in [6, 6.07) is 0.657. The van der Waals surface area contributed by atoms with Gasteiger partial charge in [0.05, 0.1) is 0 Å². The lowest BCUT2D eigenvalue weighted by Crippen LogP contribution is -2.44. The number of nitrogens with two attached hydrogens (primary N) is 1. The minimum absolute atomic E-state index is 0.657. The highest BCUT2D eigenvalue weighted by atomic mass is 15.2. The third-order valence-corrected chi connectivity index (χ3v) is 4.00. The van der Waals surface area contributed by atoms with Gasteiger partial charge in [0.25, 0.3) is 0 Å². The van der Waals surface area contributed by atoms with Crippen LogP contribution in [0, 0.1) is 5.92 Å². The van der Waals surface area contributed by atoms with E-state index in [1.807, 2.05) is 0 Å². The van der Waals surface area contributed by atoms with Crippen molar-refractivity contribution in [2.45, 2.75) is 64.8 Å². The Kier molecular flexibility index (Phi) is 7.06. The molecule has 1 saturated heterocycles. The lowest BCUT2D eigenvalue weighted by Gasteiger charge is -2.36. The van der Waals surface area contributed by atoms with E-state index in [-0.39, 0.29) is 0 Å². The zero-order valence-corrected chi connectivity index (χ0v) is 11.3. The number of piperidine rings is 1. The normalized spacial score (nSPS) is 21.2. The zero-order chi connectivity index (χ0) is 11.8. The van der Waals surface area contributed by atoms with E-state index in [9.17, 15) is 0 Å². The minimum atomic E-state index is 0.657. The van der Waals surface area contributed by atoms with Gasteiger partial charge in [-0.3, -0.25) is 4.90 Å². The van der Waals surface area contributed by atoms with E-state index in [2.05, 4.69) is 18.7 Å². The first-order valence-corrected chi connectivity index (χ1v) is 7.22. The molecule has 1 unspecified atom stereocenters. The average molecular weight is 226 g/mol. The van der Waals surface area contributed by atoms with Gasteiger partial charge in [-0.1, -0.05) is 39.5 Å². The van der Waals surface area contributed by atoms with Crippen LogP contribution < -0.4 is 5.73 Å². The smallest absolute Gasteiger partial charge is 0.0218 e. The summed E-state index contributed by atoms with van der Waals surface area (Å²) in [4.78, 5) is 2.63. The van der Waals surface area contributed by atoms with Crippen molar-refractivity contribution in [3.8, 4) is 0 Å². The Bertz CT molecular complexity index is 162. The highest BCUT2D eigenvalue weighted by Gasteiger charge is 2.21. The van der Waals surface area contributed by atoms with Crippen LogP contribution >= 0.6 is 0 Å². The summed E-state index contributed by atoms with van der Waals surface area (Å²) in [7, 11) is 0. The molecule has 1 rings (SSSR count). The van der Waals surface area contributed by atoms with E-state index in [4.69, 9.17) is 5.73 Å². The molecule has 96 valence electrons. The van der Waals surface area contributed by atoms with Crippen LogP contribution in [0.15, 0.2) is 0 Å².